The predicted octanol–water partition coefficient (Wildman–Crippen LogP) is 4.17. The molecule has 1 heteroatoms. The molecule has 0 nitrogen and oxygen atoms in total. The smallest absolute Gasteiger partial charge is 0.0276 e. The number of allylic oxidation sites excluding steroid dienone is 1. The summed E-state index contributed by atoms with van der Waals surface area (Å²) in [4.78, 5) is 0. The fourth-order valence-corrected chi connectivity index (χ4v) is 2.96. The van der Waals surface area contributed by atoms with Gasteiger partial charge in [0, 0.05) is 32.1 Å². The van der Waals surface area contributed by atoms with Crippen molar-refractivity contribution >= 4 is 6.08 Å². The molecular formula is C16H19Zr. The van der Waals surface area contributed by atoms with E-state index in [9.17, 15) is 0 Å². The Hall–Kier alpha value is -0.157. The number of benzene rings is 1. The minimum absolute atomic E-state index is 0. The molecule has 87 valence electrons. The Morgan fingerprint density at radius 2 is 1.76 bits per heavy atom. The van der Waals surface area contributed by atoms with E-state index >= 15 is 0 Å². The van der Waals surface area contributed by atoms with Crippen molar-refractivity contribution in [2.24, 2.45) is 5.92 Å². The second-order valence-corrected chi connectivity index (χ2v) is 5.52. The van der Waals surface area contributed by atoms with E-state index in [4.69, 9.17) is 0 Å². The van der Waals surface area contributed by atoms with E-state index in [0.29, 0.717) is 0 Å². The van der Waals surface area contributed by atoms with E-state index in [1.54, 1.807) is 17.0 Å². The number of hydrogen-bond donors (Lipinski definition) is 0. The van der Waals surface area contributed by atoms with Crippen molar-refractivity contribution in [3.05, 3.63) is 46.4 Å². The van der Waals surface area contributed by atoms with Crippen LogP contribution in [0.25, 0.3) is 6.08 Å². The van der Waals surface area contributed by atoms with Gasteiger partial charge in [-0.05, 0) is 53.9 Å². The standard InChI is InChI=1S/C16H19.Zr/c1-11(2)8-14-6-7-15-9-12-4-3-5-13(12)10-16(14)15;/h6-7,9-11H,3-5,8H2,1-2H3;. The number of hydrogen-bond acceptors (Lipinski definition) is 0. The summed E-state index contributed by atoms with van der Waals surface area (Å²) in [7, 11) is 0. The summed E-state index contributed by atoms with van der Waals surface area (Å²) in [6.07, 6.45) is 9.75. The van der Waals surface area contributed by atoms with Gasteiger partial charge < -0.3 is 0 Å². The number of rotatable bonds is 2. The quantitative estimate of drug-likeness (QED) is 0.769. The second kappa shape index (κ2) is 5.23. The molecular weight excluding hydrogens is 283 g/mol. The van der Waals surface area contributed by atoms with Crippen LogP contribution in [0.3, 0.4) is 0 Å². The maximum Gasteiger partial charge on any atom is 0.0276 e. The van der Waals surface area contributed by atoms with Gasteiger partial charge in [0.1, 0.15) is 0 Å². The Balaban J connectivity index is 0.00000108. The van der Waals surface area contributed by atoms with Crippen LogP contribution in [0.15, 0.2) is 18.2 Å². The zero-order valence-corrected chi connectivity index (χ0v) is 13.2. The van der Waals surface area contributed by atoms with Crippen LogP contribution in [0, 0.1) is 11.8 Å². The van der Waals surface area contributed by atoms with Gasteiger partial charge >= 0.3 is 0 Å². The molecule has 0 heterocycles. The molecule has 1 aromatic rings. The van der Waals surface area contributed by atoms with Gasteiger partial charge in [0.15, 0.2) is 0 Å². The molecule has 0 aromatic heterocycles. The van der Waals surface area contributed by atoms with Crippen molar-refractivity contribution in [3.8, 4) is 0 Å². The van der Waals surface area contributed by atoms with E-state index in [1.165, 1.54) is 36.8 Å². The fourth-order valence-electron chi connectivity index (χ4n) is 2.96. The average Bonchev–Trinajstić information content (AvgIpc) is 2.81. The topological polar surface area (TPSA) is 0 Å². The second-order valence-electron chi connectivity index (χ2n) is 5.52. The van der Waals surface area contributed by atoms with Crippen molar-refractivity contribution in [2.75, 3.05) is 0 Å². The minimum atomic E-state index is 0. The molecule has 17 heavy (non-hydrogen) atoms. The fraction of sp³-hybridized carbons (Fsp3) is 0.438. The van der Waals surface area contributed by atoms with E-state index < -0.39 is 0 Å². The minimum Gasteiger partial charge on any atom is -0.0721 e. The normalized spacial score (nSPS) is 17.1. The van der Waals surface area contributed by atoms with Gasteiger partial charge in [-0.3, -0.25) is 0 Å². The summed E-state index contributed by atoms with van der Waals surface area (Å²) in [6, 6.07) is 4.87. The third-order valence-electron chi connectivity index (χ3n) is 3.70. The molecule has 1 aromatic carbocycles. The third-order valence-corrected chi connectivity index (χ3v) is 3.70. The summed E-state index contributed by atoms with van der Waals surface area (Å²) < 4.78 is 0. The molecule has 0 saturated carbocycles. The van der Waals surface area contributed by atoms with Crippen LogP contribution in [0.4, 0.5) is 0 Å². The van der Waals surface area contributed by atoms with Crippen molar-refractivity contribution in [1.29, 1.82) is 0 Å². The SMILES string of the molecule is CC(C)C[C]1C=Cc2cc3c(cc21)CCC3.[Zr]. The van der Waals surface area contributed by atoms with E-state index in [1.807, 2.05) is 0 Å². The van der Waals surface area contributed by atoms with Crippen molar-refractivity contribution in [1.82, 2.24) is 0 Å². The zero-order chi connectivity index (χ0) is 11.1. The Bertz CT molecular complexity index is 443. The van der Waals surface area contributed by atoms with Gasteiger partial charge in [-0.2, -0.15) is 0 Å². The van der Waals surface area contributed by atoms with Crippen LogP contribution in [-0.4, -0.2) is 0 Å². The van der Waals surface area contributed by atoms with E-state index in [-0.39, 0.29) is 26.2 Å². The summed E-state index contributed by atoms with van der Waals surface area (Å²) in [6.45, 7) is 4.60. The zero-order valence-electron chi connectivity index (χ0n) is 10.7. The average molecular weight is 303 g/mol. The van der Waals surface area contributed by atoms with Gasteiger partial charge in [0.05, 0.1) is 0 Å². The maximum absolute atomic E-state index is 2.45. The van der Waals surface area contributed by atoms with Crippen LogP contribution in [-0.2, 0) is 39.0 Å². The number of fused-ring (bicyclic) bond motifs is 2. The molecule has 0 atom stereocenters. The van der Waals surface area contributed by atoms with Gasteiger partial charge in [-0.15, -0.1) is 0 Å². The Kier molecular flexibility index (Phi) is 4.08. The maximum atomic E-state index is 2.45. The summed E-state index contributed by atoms with van der Waals surface area (Å²) in [5, 5.41) is 0. The number of aryl methyl sites for hydroxylation is 2. The molecule has 0 bridgehead atoms. The first-order valence-corrected chi connectivity index (χ1v) is 6.44. The van der Waals surface area contributed by atoms with E-state index in [0.717, 1.165) is 5.92 Å². The Morgan fingerprint density at radius 3 is 2.47 bits per heavy atom. The van der Waals surface area contributed by atoms with Crippen LogP contribution in [0.2, 0.25) is 0 Å². The molecule has 2 aliphatic carbocycles. The molecule has 0 saturated heterocycles. The largest absolute Gasteiger partial charge is 0.0721 e. The van der Waals surface area contributed by atoms with Crippen LogP contribution < -0.4 is 0 Å². The van der Waals surface area contributed by atoms with Gasteiger partial charge in [0.2, 0.25) is 0 Å². The summed E-state index contributed by atoms with van der Waals surface area (Å²) in [5.41, 5.74) is 6.16. The van der Waals surface area contributed by atoms with Crippen LogP contribution in [0.1, 0.15) is 48.9 Å². The van der Waals surface area contributed by atoms with Crippen LogP contribution >= 0.6 is 0 Å². The van der Waals surface area contributed by atoms with Crippen LogP contribution in [0.5, 0.6) is 0 Å². The molecule has 0 N–H and O–H groups in total. The van der Waals surface area contributed by atoms with Crippen molar-refractivity contribution in [2.45, 2.75) is 39.5 Å². The Morgan fingerprint density at radius 1 is 1.06 bits per heavy atom. The molecule has 0 unspecified atom stereocenters. The predicted molar refractivity (Wildman–Crippen MR) is 69.3 cm³/mol. The molecule has 0 amide bonds. The van der Waals surface area contributed by atoms with Gasteiger partial charge in [0.25, 0.3) is 0 Å². The monoisotopic (exact) mass is 301 g/mol. The molecule has 0 spiro atoms. The molecule has 3 rings (SSSR count). The molecule has 1 radical (unpaired) electrons. The first-order chi connectivity index (χ1) is 7.74. The Labute approximate surface area is 124 Å². The molecule has 2 aliphatic rings. The molecule has 0 aliphatic heterocycles. The first-order valence-electron chi connectivity index (χ1n) is 6.44. The summed E-state index contributed by atoms with van der Waals surface area (Å²) in [5.74, 6) is 2.29. The van der Waals surface area contributed by atoms with E-state index in [2.05, 4.69) is 38.1 Å². The summed E-state index contributed by atoms with van der Waals surface area (Å²) >= 11 is 0. The molecule has 0 fully saturated rings. The van der Waals surface area contributed by atoms with Crippen molar-refractivity contribution in [3.63, 3.8) is 0 Å². The van der Waals surface area contributed by atoms with Gasteiger partial charge in [-0.1, -0.05) is 38.1 Å². The van der Waals surface area contributed by atoms with Crippen molar-refractivity contribution < 1.29 is 26.2 Å². The third kappa shape index (κ3) is 2.50. The van der Waals surface area contributed by atoms with Gasteiger partial charge in [-0.25, -0.2) is 0 Å². The first kappa shape index (κ1) is 13.3.